The molecule has 2 aromatic carbocycles. The molecule has 7 heteroatoms. The third-order valence-electron chi connectivity index (χ3n) is 6.46. The molecule has 2 aromatic heterocycles. The van der Waals surface area contributed by atoms with Crippen LogP contribution in [0.5, 0.6) is 17.2 Å². The summed E-state index contributed by atoms with van der Waals surface area (Å²) < 4.78 is 13.8. The number of ether oxygens (including phenoxy) is 1. The van der Waals surface area contributed by atoms with E-state index in [0.29, 0.717) is 41.0 Å². The summed E-state index contributed by atoms with van der Waals surface area (Å²) in [6, 6.07) is 11.4. The van der Waals surface area contributed by atoms with Crippen molar-refractivity contribution < 1.29 is 14.3 Å². The number of likely N-dealkylation sites (tertiary alicyclic amines) is 1. The molecule has 34 heavy (non-hydrogen) atoms. The zero-order valence-corrected chi connectivity index (χ0v) is 19.6. The number of aryl methyl sites for hydroxylation is 2. The van der Waals surface area contributed by atoms with Crippen molar-refractivity contribution in [2.24, 2.45) is 0 Å². The molecule has 1 N–H and O–H groups in total. The highest BCUT2D eigenvalue weighted by molar-refractivity contribution is 5.85. The first-order chi connectivity index (χ1) is 16.5. The maximum atomic E-state index is 13.5. The van der Waals surface area contributed by atoms with Gasteiger partial charge in [0, 0.05) is 6.54 Å². The summed E-state index contributed by atoms with van der Waals surface area (Å²) in [4.78, 5) is 15.9. The summed E-state index contributed by atoms with van der Waals surface area (Å²) in [7, 11) is 0. The fraction of sp³-hybridized carbons (Fsp3) is 0.333. The van der Waals surface area contributed by atoms with E-state index in [1.54, 1.807) is 30.1 Å². The highest BCUT2D eigenvalue weighted by atomic mass is 16.5. The molecule has 1 aliphatic heterocycles. The Morgan fingerprint density at radius 3 is 2.65 bits per heavy atom. The highest BCUT2D eigenvalue weighted by Gasteiger charge is 2.23. The molecule has 7 nitrogen and oxygen atoms in total. The van der Waals surface area contributed by atoms with E-state index in [9.17, 15) is 9.90 Å². The van der Waals surface area contributed by atoms with Gasteiger partial charge in [0.05, 0.1) is 29.0 Å². The van der Waals surface area contributed by atoms with Crippen LogP contribution in [0.4, 0.5) is 0 Å². The Hall–Kier alpha value is -3.58. The normalized spacial score (nSPS) is 14.5. The Balaban J connectivity index is 1.55. The van der Waals surface area contributed by atoms with Crippen molar-refractivity contribution >= 4 is 11.0 Å². The molecule has 0 unspecified atom stereocenters. The van der Waals surface area contributed by atoms with Gasteiger partial charge >= 0.3 is 0 Å². The number of aromatic hydroxyl groups is 1. The second kappa shape index (κ2) is 9.35. The number of benzene rings is 2. The van der Waals surface area contributed by atoms with Crippen LogP contribution in [0.15, 0.2) is 58.0 Å². The second-order valence-corrected chi connectivity index (χ2v) is 8.80. The molecule has 4 aromatic rings. The van der Waals surface area contributed by atoms with E-state index in [0.717, 1.165) is 37.2 Å². The van der Waals surface area contributed by atoms with E-state index >= 15 is 0 Å². The molecule has 0 aliphatic carbocycles. The van der Waals surface area contributed by atoms with Crippen LogP contribution in [-0.4, -0.2) is 32.9 Å². The molecule has 1 saturated heterocycles. The van der Waals surface area contributed by atoms with Crippen LogP contribution in [0, 0.1) is 6.92 Å². The largest absolute Gasteiger partial charge is 0.507 e. The van der Waals surface area contributed by atoms with Gasteiger partial charge < -0.3 is 14.3 Å². The molecule has 1 aliphatic rings. The number of hydrogen-bond acceptors (Lipinski definition) is 6. The van der Waals surface area contributed by atoms with Gasteiger partial charge in [-0.2, -0.15) is 5.10 Å². The molecule has 5 rings (SSSR count). The molecule has 1 fully saturated rings. The van der Waals surface area contributed by atoms with Gasteiger partial charge in [0.2, 0.25) is 11.2 Å². The van der Waals surface area contributed by atoms with Crippen LogP contribution in [0.2, 0.25) is 0 Å². The first-order valence-corrected chi connectivity index (χ1v) is 11.9. The molecule has 176 valence electrons. The van der Waals surface area contributed by atoms with E-state index in [-0.39, 0.29) is 16.9 Å². The SMILES string of the molecule is CCc1cc2c(=O)c(Oc3cnn(-c4ccccc4)c3)c(C)oc2c(CN2CCCCC2)c1O. The quantitative estimate of drug-likeness (QED) is 0.420. The van der Waals surface area contributed by atoms with E-state index in [1.165, 1.54) is 6.42 Å². The van der Waals surface area contributed by atoms with E-state index in [2.05, 4.69) is 10.00 Å². The molecule has 3 heterocycles. The van der Waals surface area contributed by atoms with Crippen molar-refractivity contribution in [1.29, 1.82) is 0 Å². The lowest BCUT2D eigenvalue weighted by Gasteiger charge is -2.27. The number of piperidine rings is 1. The van der Waals surface area contributed by atoms with Crippen molar-refractivity contribution in [2.45, 2.75) is 46.1 Å². The zero-order valence-electron chi connectivity index (χ0n) is 19.6. The second-order valence-electron chi connectivity index (χ2n) is 8.80. The Bertz CT molecular complexity index is 1370. The number of para-hydroxylation sites is 1. The standard InChI is InChI=1S/C27H29N3O4/c1-3-19-14-22-25(32)26(34-21-15-28-30(16-21)20-10-6-4-7-11-20)18(2)33-27(22)23(24(19)31)17-29-12-8-5-9-13-29/h4,6-7,10-11,14-16,31H,3,5,8-9,12-13,17H2,1-2H3. The summed E-state index contributed by atoms with van der Waals surface area (Å²) in [5, 5.41) is 15.8. The number of phenolic OH excluding ortho intramolecular Hbond substituents is 1. The van der Waals surface area contributed by atoms with Crippen molar-refractivity contribution in [3.63, 3.8) is 0 Å². The van der Waals surface area contributed by atoms with Gasteiger partial charge in [-0.25, -0.2) is 4.68 Å². The van der Waals surface area contributed by atoms with Gasteiger partial charge in [-0.15, -0.1) is 0 Å². The van der Waals surface area contributed by atoms with Crippen LogP contribution in [0.3, 0.4) is 0 Å². The van der Waals surface area contributed by atoms with Gasteiger partial charge in [0.15, 0.2) is 5.75 Å². The molecular formula is C27H29N3O4. The van der Waals surface area contributed by atoms with Gasteiger partial charge in [-0.3, -0.25) is 9.69 Å². The fourth-order valence-electron chi connectivity index (χ4n) is 4.61. The minimum absolute atomic E-state index is 0.136. The van der Waals surface area contributed by atoms with Gasteiger partial charge in [-0.05, 0) is 63.0 Å². The molecule has 0 bridgehead atoms. The molecule has 0 amide bonds. The third-order valence-corrected chi connectivity index (χ3v) is 6.46. The van der Waals surface area contributed by atoms with Crippen LogP contribution >= 0.6 is 0 Å². The molecular weight excluding hydrogens is 430 g/mol. The molecule has 0 spiro atoms. The number of aromatic nitrogens is 2. The van der Waals surface area contributed by atoms with Crippen molar-refractivity contribution in [3.05, 3.63) is 75.9 Å². The topological polar surface area (TPSA) is 80.7 Å². The smallest absolute Gasteiger partial charge is 0.235 e. The Kier molecular flexibility index (Phi) is 6.11. The lowest BCUT2D eigenvalue weighted by atomic mass is 10.0. The van der Waals surface area contributed by atoms with Crippen LogP contribution < -0.4 is 10.2 Å². The lowest BCUT2D eigenvalue weighted by molar-refractivity contribution is 0.218. The summed E-state index contributed by atoms with van der Waals surface area (Å²) >= 11 is 0. The maximum absolute atomic E-state index is 13.5. The van der Waals surface area contributed by atoms with Crippen LogP contribution in [0.1, 0.15) is 43.1 Å². The van der Waals surface area contributed by atoms with E-state index in [4.69, 9.17) is 9.15 Å². The Morgan fingerprint density at radius 2 is 1.91 bits per heavy atom. The molecule has 0 atom stereocenters. The number of fused-ring (bicyclic) bond motifs is 1. The first kappa shape index (κ1) is 22.2. The molecule has 0 saturated carbocycles. The first-order valence-electron chi connectivity index (χ1n) is 11.9. The van der Waals surface area contributed by atoms with Crippen molar-refractivity contribution in [1.82, 2.24) is 14.7 Å². The lowest BCUT2D eigenvalue weighted by Crippen LogP contribution is -2.29. The summed E-state index contributed by atoms with van der Waals surface area (Å²) in [6.45, 7) is 6.20. The average molecular weight is 460 g/mol. The minimum atomic E-state index is -0.249. The van der Waals surface area contributed by atoms with Crippen molar-refractivity contribution in [2.75, 3.05) is 13.1 Å². The van der Waals surface area contributed by atoms with Crippen LogP contribution in [0.25, 0.3) is 16.7 Å². The Morgan fingerprint density at radius 1 is 1.15 bits per heavy atom. The van der Waals surface area contributed by atoms with Gasteiger partial charge in [-0.1, -0.05) is 31.5 Å². The molecule has 0 radical (unpaired) electrons. The summed E-state index contributed by atoms with van der Waals surface area (Å²) in [5.41, 5.74) is 2.50. The third kappa shape index (κ3) is 4.19. The van der Waals surface area contributed by atoms with Crippen LogP contribution in [-0.2, 0) is 13.0 Å². The number of nitrogens with zero attached hydrogens (tertiary/aromatic N) is 3. The van der Waals surface area contributed by atoms with E-state index in [1.807, 2.05) is 37.3 Å². The maximum Gasteiger partial charge on any atom is 0.235 e. The predicted octanol–water partition coefficient (Wildman–Crippen LogP) is 5.33. The average Bonchev–Trinajstić information content (AvgIpc) is 3.34. The number of hydrogen-bond donors (Lipinski definition) is 1. The summed E-state index contributed by atoms with van der Waals surface area (Å²) in [5.74, 6) is 1.17. The zero-order chi connectivity index (χ0) is 23.7. The number of phenols is 1. The highest BCUT2D eigenvalue weighted by Crippen LogP contribution is 2.35. The van der Waals surface area contributed by atoms with Crippen molar-refractivity contribution in [3.8, 4) is 22.9 Å². The minimum Gasteiger partial charge on any atom is -0.507 e. The number of rotatable bonds is 6. The Labute approximate surface area is 198 Å². The van der Waals surface area contributed by atoms with Gasteiger partial charge in [0.1, 0.15) is 17.1 Å². The predicted molar refractivity (Wildman–Crippen MR) is 131 cm³/mol. The van der Waals surface area contributed by atoms with Gasteiger partial charge in [0.25, 0.3) is 0 Å². The van der Waals surface area contributed by atoms with E-state index < -0.39 is 0 Å². The fourth-order valence-corrected chi connectivity index (χ4v) is 4.61. The summed E-state index contributed by atoms with van der Waals surface area (Å²) in [6.07, 6.45) is 7.43. The monoisotopic (exact) mass is 459 g/mol.